The molecule has 1 aromatic carbocycles. The van der Waals surface area contributed by atoms with Crippen molar-refractivity contribution in [2.24, 2.45) is 11.8 Å². The van der Waals surface area contributed by atoms with Crippen molar-refractivity contribution in [2.75, 3.05) is 0 Å². The molecule has 2 rings (SSSR count). The van der Waals surface area contributed by atoms with E-state index in [1.54, 1.807) is 6.08 Å². The second kappa shape index (κ2) is 11.4. The Morgan fingerprint density at radius 2 is 1.46 bits per heavy atom. The number of benzene rings is 1. The van der Waals surface area contributed by atoms with Gasteiger partial charge in [-0.05, 0) is 48.6 Å². The van der Waals surface area contributed by atoms with Gasteiger partial charge in [0.15, 0.2) is 0 Å². The van der Waals surface area contributed by atoms with E-state index in [1.165, 1.54) is 75.3 Å². The van der Waals surface area contributed by atoms with Gasteiger partial charge in [-0.3, -0.25) is 0 Å². The van der Waals surface area contributed by atoms with Gasteiger partial charge in [-0.2, -0.15) is 0 Å². The van der Waals surface area contributed by atoms with Crippen LogP contribution in [0.2, 0.25) is 0 Å². The Bertz CT molecular complexity index is 451. The minimum atomic E-state index is 0.646. The lowest BCUT2D eigenvalue weighted by Gasteiger charge is -2.28. The highest BCUT2D eigenvalue weighted by atomic mass is 19.1. The van der Waals surface area contributed by atoms with Crippen molar-refractivity contribution in [3.63, 3.8) is 0 Å². The van der Waals surface area contributed by atoms with E-state index in [0.717, 1.165) is 24.7 Å². The molecule has 0 aromatic heterocycles. The van der Waals surface area contributed by atoms with Crippen LogP contribution in [-0.2, 0) is 12.8 Å². The average molecular weight is 331 g/mol. The Morgan fingerprint density at radius 1 is 0.875 bits per heavy atom. The van der Waals surface area contributed by atoms with Gasteiger partial charge in [0.1, 0.15) is 0 Å². The van der Waals surface area contributed by atoms with Gasteiger partial charge in [0.05, 0.1) is 6.33 Å². The summed E-state index contributed by atoms with van der Waals surface area (Å²) in [4.78, 5) is 0. The van der Waals surface area contributed by atoms with Gasteiger partial charge in [0, 0.05) is 0 Å². The second-order valence-electron chi connectivity index (χ2n) is 7.64. The lowest BCUT2D eigenvalue weighted by molar-refractivity contribution is 0.249. The molecule has 0 bridgehead atoms. The third kappa shape index (κ3) is 7.20. The van der Waals surface area contributed by atoms with Gasteiger partial charge in [-0.25, -0.2) is 4.39 Å². The third-order valence-electron chi connectivity index (χ3n) is 5.74. The lowest BCUT2D eigenvalue weighted by atomic mass is 9.78. The van der Waals surface area contributed by atoms with Gasteiger partial charge in [-0.15, -0.1) is 0 Å². The highest BCUT2D eigenvalue weighted by Gasteiger charge is 2.20. The summed E-state index contributed by atoms with van der Waals surface area (Å²) in [6.45, 7) is 2.30. The van der Waals surface area contributed by atoms with Crippen LogP contribution in [0.15, 0.2) is 36.7 Å². The largest absolute Gasteiger partial charge is 0.216 e. The second-order valence-corrected chi connectivity index (χ2v) is 7.64. The van der Waals surface area contributed by atoms with Crippen LogP contribution in [0, 0.1) is 11.8 Å². The number of halogens is 1. The van der Waals surface area contributed by atoms with Crippen molar-refractivity contribution in [1.82, 2.24) is 0 Å². The van der Waals surface area contributed by atoms with Gasteiger partial charge in [-0.1, -0.05) is 88.6 Å². The molecule has 0 amide bonds. The number of unbranched alkanes of at least 4 members (excludes halogenated alkanes) is 2. The fourth-order valence-electron chi connectivity index (χ4n) is 4.05. The fraction of sp³-hybridized carbons (Fsp3) is 0.652. The fourth-order valence-corrected chi connectivity index (χ4v) is 4.05. The monoisotopic (exact) mass is 330 g/mol. The van der Waals surface area contributed by atoms with Crippen molar-refractivity contribution in [3.05, 3.63) is 47.8 Å². The average Bonchev–Trinajstić information content (AvgIpc) is 2.63. The molecule has 0 unspecified atom stereocenters. The zero-order valence-corrected chi connectivity index (χ0v) is 15.5. The molecule has 1 aromatic rings. The molecule has 1 saturated carbocycles. The van der Waals surface area contributed by atoms with E-state index in [1.807, 2.05) is 0 Å². The van der Waals surface area contributed by atoms with Crippen LogP contribution < -0.4 is 0 Å². The first-order valence-electron chi connectivity index (χ1n) is 10.1. The summed E-state index contributed by atoms with van der Waals surface area (Å²) in [5, 5.41) is 0. The van der Waals surface area contributed by atoms with E-state index in [2.05, 4.69) is 31.2 Å². The number of allylic oxidation sites excluding steroid dienone is 1. The Kier molecular flexibility index (Phi) is 9.16. The van der Waals surface area contributed by atoms with Crippen molar-refractivity contribution >= 4 is 0 Å². The van der Waals surface area contributed by atoms with Crippen LogP contribution in [0.25, 0.3) is 0 Å². The van der Waals surface area contributed by atoms with Crippen LogP contribution >= 0.6 is 0 Å². The maximum Gasteiger partial charge on any atom is 0.0827 e. The summed E-state index contributed by atoms with van der Waals surface area (Å²) >= 11 is 0. The molecule has 0 saturated heterocycles. The predicted octanol–water partition coefficient (Wildman–Crippen LogP) is 7.42. The van der Waals surface area contributed by atoms with Crippen LogP contribution in [-0.4, -0.2) is 0 Å². The zero-order chi connectivity index (χ0) is 17.0. The Balaban J connectivity index is 1.63. The lowest BCUT2D eigenvalue weighted by Crippen LogP contribution is -2.15. The van der Waals surface area contributed by atoms with Gasteiger partial charge in [0.25, 0.3) is 0 Å². The molecule has 134 valence electrons. The quantitative estimate of drug-likeness (QED) is 0.391. The molecule has 1 aliphatic rings. The summed E-state index contributed by atoms with van der Waals surface area (Å²) < 4.78 is 12.0. The maximum absolute atomic E-state index is 12.0. The summed E-state index contributed by atoms with van der Waals surface area (Å²) in [6, 6.07) is 8.97. The van der Waals surface area contributed by atoms with Crippen molar-refractivity contribution in [3.8, 4) is 0 Å². The SMILES string of the molecule is CCCCC[C@H]1CC[C@H](CCc2ccc(CC/C=C/F)cc2)CC1. The molecule has 0 aliphatic heterocycles. The standard InChI is InChI=1S/C23H35F/c1-2-3-4-7-20-9-13-22(14-10-20)17-18-23-15-11-21(12-16-23)8-5-6-19-24/h6,11-12,15-16,19-20,22H,2-5,7-10,13-14,17-18H2,1H3/b19-6+/t20-,22-. The zero-order valence-electron chi connectivity index (χ0n) is 15.5. The molecule has 1 heteroatoms. The topological polar surface area (TPSA) is 0 Å². The molecule has 0 radical (unpaired) electrons. The number of rotatable bonds is 10. The normalized spacial score (nSPS) is 21.4. The van der Waals surface area contributed by atoms with E-state index in [-0.39, 0.29) is 0 Å². The smallest absolute Gasteiger partial charge is 0.0827 e. The van der Waals surface area contributed by atoms with Crippen LogP contribution in [0.1, 0.15) is 82.3 Å². The molecule has 0 heterocycles. The van der Waals surface area contributed by atoms with Crippen LogP contribution in [0.3, 0.4) is 0 Å². The van der Waals surface area contributed by atoms with Gasteiger partial charge >= 0.3 is 0 Å². The molecule has 0 spiro atoms. The number of aryl methyl sites for hydroxylation is 2. The van der Waals surface area contributed by atoms with Gasteiger partial charge < -0.3 is 0 Å². The first-order valence-corrected chi connectivity index (χ1v) is 10.1. The molecule has 1 aliphatic carbocycles. The van der Waals surface area contributed by atoms with Gasteiger partial charge in [0.2, 0.25) is 0 Å². The number of hydrogen-bond acceptors (Lipinski definition) is 0. The maximum atomic E-state index is 12.0. The van der Waals surface area contributed by atoms with E-state index in [4.69, 9.17) is 0 Å². The summed E-state index contributed by atoms with van der Waals surface area (Å²) in [5.74, 6) is 1.97. The Labute approximate surface area is 148 Å². The molecule has 0 nitrogen and oxygen atoms in total. The van der Waals surface area contributed by atoms with Crippen molar-refractivity contribution in [1.29, 1.82) is 0 Å². The van der Waals surface area contributed by atoms with E-state index >= 15 is 0 Å². The van der Waals surface area contributed by atoms with Crippen molar-refractivity contribution in [2.45, 2.75) is 84.0 Å². The highest BCUT2D eigenvalue weighted by Crippen LogP contribution is 2.34. The summed E-state index contributed by atoms with van der Waals surface area (Å²) in [5.41, 5.74) is 2.77. The predicted molar refractivity (Wildman–Crippen MR) is 103 cm³/mol. The summed E-state index contributed by atoms with van der Waals surface area (Å²) in [6.07, 6.45) is 18.0. The first kappa shape index (κ1) is 19.2. The molecule has 0 atom stereocenters. The summed E-state index contributed by atoms with van der Waals surface area (Å²) in [7, 11) is 0. The van der Waals surface area contributed by atoms with Crippen LogP contribution in [0.4, 0.5) is 4.39 Å². The Morgan fingerprint density at radius 3 is 2.04 bits per heavy atom. The highest BCUT2D eigenvalue weighted by molar-refractivity contribution is 5.23. The molecule has 0 N–H and O–H groups in total. The molecular weight excluding hydrogens is 295 g/mol. The Hall–Kier alpha value is -1.11. The number of hydrogen-bond donors (Lipinski definition) is 0. The van der Waals surface area contributed by atoms with Crippen molar-refractivity contribution < 1.29 is 4.39 Å². The molecular formula is C23H35F. The van der Waals surface area contributed by atoms with E-state index in [0.29, 0.717) is 6.33 Å². The minimum Gasteiger partial charge on any atom is -0.216 e. The third-order valence-corrected chi connectivity index (χ3v) is 5.74. The minimum absolute atomic E-state index is 0.646. The van der Waals surface area contributed by atoms with E-state index in [9.17, 15) is 4.39 Å². The first-order chi connectivity index (χ1) is 11.8. The van der Waals surface area contributed by atoms with E-state index < -0.39 is 0 Å². The molecule has 24 heavy (non-hydrogen) atoms. The van der Waals surface area contributed by atoms with Crippen LogP contribution in [0.5, 0.6) is 0 Å². The molecule has 1 fully saturated rings.